The van der Waals surface area contributed by atoms with Gasteiger partial charge < -0.3 is 14.6 Å². The highest BCUT2D eigenvalue weighted by atomic mass is 16.6. The summed E-state index contributed by atoms with van der Waals surface area (Å²) in [6.07, 6.45) is 2.43. The second kappa shape index (κ2) is 5.27. The average molecular weight is 348 g/mol. The summed E-state index contributed by atoms with van der Waals surface area (Å²) in [6.45, 7) is 7.85. The molecule has 0 aromatic rings. The normalized spacial score (nSPS) is 35.4. The molecule has 0 aromatic carbocycles. The zero-order valence-corrected chi connectivity index (χ0v) is 15.3. The summed E-state index contributed by atoms with van der Waals surface area (Å²) in [7, 11) is 0. The standard InChI is InChI=1S/C19H24O6/c1-10-14-13(15(22)18(5,23)19(10)6-7-19)8-17(4,9-24-11(2)20)16(14)25-12(3)21/h8,16,23H,6-7,9H2,1-5H3/t16-,17+,18+/m1/s1. The number of esters is 2. The number of rotatable bonds is 3. The number of carbonyl (C=O) groups excluding carboxylic acids is 3. The molecule has 0 radical (unpaired) electrons. The van der Waals surface area contributed by atoms with Crippen LogP contribution in [0.3, 0.4) is 0 Å². The number of fused-ring (bicyclic) bond motifs is 1. The summed E-state index contributed by atoms with van der Waals surface area (Å²) in [5.41, 5.74) is -0.974. The maximum absolute atomic E-state index is 13.0. The van der Waals surface area contributed by atoms with Gasteiger partial charge in [0.1, 0.15) is 18.3 Å². The third kappa shape index (κ3) is 2.38. The number of ether oxygens (including phenoxy) is 2. The molecule has 0 bridgehead atoms. The quantitative estimate of drug-likeness (QED) is 0.783. The van der Waals surface area contributed by atoms with E-state index in [1.807, 2.05) is 6.92 Å². The Morgan fingerprint density at radius 3 is 2.32 bits per heavy atom. The average Bonchev–Trinajstić information content (AvgIpc) is 3.26. The Kier molecular flexibility index (Phi) is 3.77. The van der Waals surface area contributed by atoms with Gasteiger partial charge in [0.15, 0.2) is 5.78 Å². The van der Waals surface area contributed by atoms with Crippen LogP contribution in [-0.4, -0.2) is 41.1 Å². The van der Waals surface area contributed by atoms with Crippen LogP contribution in [0.15, 0.2) is 22.8 Å². The minimum Gasteiger partial charge on any atom is -0.465 e. The summed E-state index contributed by atoms with van der Waals surface area (Å²) in [5, 5.41) is 10.9. The number of carbonyl (C=O) groups is 3. The number of aliphatic hydroxyl groups is 1. The molecule has 0 saturated heterocycles. The predicted octanol–water partition coefficient (Wildman–Crippen LogP) is 1.86. The zero-order chi connectivity index (χ0) is 18.8. The lowest BCUT2D eigenvalue weighted by molar-refractivity contribution is -0.153. The fourth-order valence-electron chi connectivity index (χ4n) is 4.36. The Hall–Kier alpha value is -1.95. The molecule has 1 saturated carbocycles. The summed E-state index contributed by atoms with van der Waals surface area (Å²) in [5.74, 6) is -1.27. The van der Waals surface area contributed by atoms with Crippen LogP contribution >= 0.6 is 0 Å². The number of hydrogen-bond donors (Lipinski definition) is 1. The summed E-state index contributed by atoms with van der Waals surface area (Å²) >= 11 is 0. The largest absolute Gasteiger partial charge is 0.465 e. The molecule has 0 unspecified atom stereocenters. The van der Waals surface area contributed by atoms with Gasteiger partial charge in [0.25, 0.3) is 0 Å². The second-order valence-electron chi connectivity index (χ2n) is 7.86. The molecule has 0 heterocycles. The molecule has 3 atom stereocenters. The minimum atomic E-state index is -1.47. The molecule has 1 spiro atoms. The van der Waals surface area contributed by atoms with Crippen molar-refractivity contribution in [1.29, 1.82) is 0 Å². The van der Waals surface area contributed by atoms with Gasteiger partial charge in [0, 0.05) is 30.4 Å². The molecule has 0 amide bonds. The topological polar surface area (TPSA) is 89.9 Å². The molecule has 3 rings (SSSR count). The van der Waals surface area contributed by atoms with E-state index in [1.54, 1.807) is 19.9 Å². The van der Waals surface area contributed by atoms with E-state index in [0.29, 0.717) is 11.1 Å². The first-order valence-corrected chi connectivity index (χ1v) is 8.48. The van der Waals surface area contributed by atoms with Gasteiger partial charge in [-0.25, -0.2) is 0 Å². The van der Waals surface area contributed by atoms with E-state index in [0.717, 1.165) is 18.4 Å². The molecule has 6 nitrogen and oxygen atoms in total. The Bertz CT molecular complexity index is 737. The van der Waals surface area contributed by atoms with Gasteiger partial charge >= 0.3 is 11.9 Å². The first kappa shape index (κ1) is 17.9. The summed E-state index contributed by atoms with van der Waals surface area (Å²) in [6, 6.07) is 0. The lowest BCUT2D eigenvalue weighted by Crippen LogP contribution is -2.50. The highest BCUT2D eigenvalue weighted by Crippen LogP contribution is 2.65. The van der Waals surface area contributed by atoms with Crippen molar-refractivity contribution >= 4 is 17.7 Å². The molecule has 6 heteroatoms. The van der Waals surface area contributed by atoms with Crippen molar-refractivity contribution in [2.75, 3.05) is 6.61 Å². The van der Waals surface area contributed by atoms with Crippen molar-refractivity contribution in [2.45, 2.75) is 59.2 Å². The second-order valence-corrected chi connectivity index (χ2v) is 7.86. The Morgan fingerprint density at radius 1 is 1.24 bits per heavy atom. The first-order valence-electron chi connectivity index (χ1n) is 8.48. The van der Waals surface area contributed by atoms with E-state index in [9.17, 15) is 19.5 Å². The lowest BCUT2D eigenvalue weighted by Gasteiger charge is -2.40. The Balaban J connectivity index is 2.14. The maximum atomic E-state index is 13.0. The maximum Gasteiger partial charge on any atom is 0.303 e. The molecule has 136 valence electrons. The molecular formula is C19H24O6. The monoisotopic (exact) mass is 348 g/mol. The van der Waals surface area contributed by atoms with Crippen LogP contribution in [0.2, 0.25) is 0 Å². The highest BCUT2D eigenvalue weighted by Gasteiger charge is 2.67. The van der Waals surface area contributed by atoms with Gasteiger partial charge in [-0.15, -0.1) is 0 Å². The van der Waals surface area contributed by atoms with E-state index in [-0.39, 0.29) is 12.4 Å². The SMILES string of the molecule is CC(=O)OC[C@]1(C)C=C2C(=O)[C@](C)(O)C3(CC3)C(C)=C2[C@H]1OC(C)=O. The van der Waals surface area contributed by atoms with Gasteiger partial charge in [-0.1, -0.05) is 11.6 Å². The van der Waals surface area contributed by atoms with Crippen LogP contribution in [0.1, 0.15) is 47.5 Å². The lowest BCUT2D eigenvalue weighted by atomic mass is 9.67. The van der Waals surface area contributed by atoms with Crippen LogP contribution in [-0.2, 0) is 23.9 Å². The van der Waals surface area contributed by atoms with Crippen molar-refractivity contribution < 1.29 is 29.0 Å². The van der Waals surface area contributed by atoms with Crippen molar-refractivity contribution in [3.8, 4) is 0 Å². The molecular weight excluding hydrogens is 324 g/mol. The highest BCUT2D eigenvalue weighted by molar-refractivity contribution is 6.09. The third-order valence-corrected chi connectivity index (χ3v) is 5.99. The molecule has 3 aliphatic rings. The van der Waals surface area contributed by atoms with Gasteiger partial charge in [-0.3, -0.25) is 14.4 Å². The Labute approximate surface area is 146 Å². The van der Waals surface area contributed by atoms with Gasteiger partial charge in [-0.2, -0.15) is 0 Å². The van der Waals surface area contributed by atoms with Crippen molar-refractivity contribution in [3.63, 3.8) is 0 Å². The van der Waals surface area contributed by atoms with Crippen LogP contribution in [0, 0.1) is 10.8 Å². The number of Topliss-reactive ketones (excluding diaryl/α,β-unsaturated/α-hetero) is 1. The summed E-state index contributed by atoms with van der Waals surface area (Å²) in [4.78, 5) is 35.9. The smallest absolute Gasteiger partial charge is 0.303 e. The molecule has 0 aliphatic heterocycles. The molecule has 1 fully saturated rings. The van der Waals surface area contributed by atoms with Crippen LogP contribution < -0.4 is 0 Å². The fraction of sp³-hybridized carbons (Fsp3) is 0.632. The fourth-order valence-corrected chi connectivity index (χ4v) is 4.36. The summed E-state index contributed by atoms with van der Waals surface area (Å²) < 4.78 is 10.7. The third-order valence-electron chi connectivity index (χ3n) is 5.99. The van der Waals surface area contributed by atoms with E-state index in [4.69, 9.17) is 9.47 Å². The van der Waals surface area contributed by atoms with Crippen LogP contribution in [0.5, 0.6) is 0 Å². The van der Waals surface area contributed by atoms with E-state index >= 15 is 0 Å². The van der Waals surface area contributed by atoms with E-state index in [2.05, 4.69) is 0 Å². The van der Waals surface area contributed by atoms with E-state index < -0.39 is 34.5 Å². The predicted molar refractivity (Wildman–Crippen MR) is 88.4 cm³/mol. The molecule has 3 aliphatic carbocycles. The van der Waals surface area contributed by atoms with Crippen molar-refractivity contribution in [2.24, 2.45) is 10.8 Å². The van der Waals surface area contributed by atoms with Gasteiger partial charge in [0.2, 0.25) is 0 Å². The van der Waals surface area contributed by atoms with E-state index in [1.165, 1.54) is 13.8 Å². The minimum absolute atomic E-state index is 0.0109. The zero-order valence-electron chi connectivity index (χ0n) is 15.3. The molecule has 25 heavy (non-hydrogen) atoms. The van der Waals surface area contributed by atoms with Crippen molar-refractivity contribution in [1.82, 2.24) is 0 Å². The van der Waals surface area contributed by atoms with Gasteiger partial charge in [-0.05, 0) is 33.6 Å². The molecule has 1 N–H and O–H groups in total. The Morgan fingerprint density at radius 2 is 1.84 bits per heavy atom. The number of hydrogen-bond acceptors (Lipinski definition) is 6. The van der Waals surface area contributed by atoms with Crippen LogP contribution in [0.4, 0.5) is 0 Å². The van der Waals surface area contributed by atoms with Crippen molar-refractivity contribution in [3.05, 3.63) is 22.8 Å². The number of ketones is 1. The first-order chi connectivity index (χ1) is 11.5. The van der Waals surface area contributed by atoms with Gasteiger partial charge in [0.05, 0.1) is 5.41 Å². The molecule has 0 aromatic heterocycles. The van der Waals surface area contributed by atoms with Crippen LogP contribution in [0.25, 0.3) is 0 Å².